The van der Waals surface area contributed by atoms with Crippen molar-refractivity contribution < 1.29 is 0 Å². The molecule has 1 aromatic carbocycles. The molecule has 0 unspecified atom stereocenters. The first-order valence-electron chi connectivity index (χ1n) is 6.42. The van der Waals surface area contributed by atoms with Crippen molar-refractivity contribution in [3.8, 4) is 0 Å². The molecule has 4 heteroatoms. The summed E-state index contributed by atoms with van der Waals surface area (Å²) in [4.78, 5) is 9.17. The van der Waals surface area contributed by atoms with Crippen molar-refractivity contribution in [2.24, 2.45) is 0 Å². The van der Waals surface area contributed by atoms with Crippen LogP contribution in [0.5, 0.6) is 0 Å². The van der Waals surface area contributed by atoms with Crippen LogP contribution in [0.4, 0.5) is 5.82 Å². The second-order valence-corrected chi connectivity index (χ2v) is 4.90. The molecule has 100 valence electrons. The molecular weight excluding hydrogens is 258 g/mol. The van der Waals surface area contributed by atoms with Gasteiger partial charge in [0.15, 0.2) is 0 Å². The van der Waals surface area contributed by atoms with Gasteiger partial charge in [-0.15, -0.1) is 0 Å². The highest BCUT2D eigenvalue weighted by Crippen LogP contribution is 2.18. The molecule has 0 saturated carbocycles. The topological polar surface area (TPSA) is 37.8 Å². The monoisotopic (exact) mass is 275 g/mol. The third kappa shape index (κ3) is 3.24. The molecule has 2 rings (SSSR count). The summed E-state index contributed by atoms with van der Waals surface area (Å²) in [5, 5.41) is 3.90. The summed E-state index contributed by atoms with van der Waals surface area (Å²) in [6.07, 6.45) is 1.65. The first kappa shape index (κ1) is 13.8. The van der Waals surface area contributed by atoms with E-state index in [1.165, 1.54) is 5.56 Å². The fourth-order valence-electron chi connectivity index (χ4n) is 2.15. The van der Waals surface area contributed by atoms with Crippen molar-refractivity contribution in [2.75, 3.05) is 12.4 Å². The molecule has 0 aliphatic rings. The van der Waals surface area contributed by atoms with E-state index in [0.717, 1.165) is 40.8 Å². The maximum atomic E-state index is 5.89. The van der Waals surface area contributed by atoms with Crippen LogP contribution in [0.15, 0.2) is 24.3 Å². The number of hydrogen-bond acceptors (Lipinski definition) is 3. The van der Waals surface area contributed by atoms with Gasteiger partial charge in [-0.05, 0) is 31.0 Å². The maximum Gasteiger partial charge on any atom is 0.135 e. The van der Waals surface area contributed by atoms with Gasteiger partial charge in [-0.25, -0.2) is 9.97 Å². The highest BCUT2D eigenvalue weighted by atomic mass is 35.5. The summed E-state index contributed by atoms with van der Waals surface area (Å²) >= 11 is 5.89. The predicted octanol–water partition coefficient (Wildman–Crippen LogP) is 3.63. The third-order valence-electron chi connectivity index (χ3n) is 3.13. The fourth-order valence-corrected chi connectivity index (χ4v) is 2.27. The second kappa shape index (κ2) is 6.02. The van der Waals surface area contributed by atoms with E-state index in [4.69, 9.17) is 11.6 Å². The molecule has 1 aromatic heterocycles. The zero-order valence-corrected chi connectivity index (χ0v) is 12.3. The first-order valence-corrected chi connectivity index (χ1v) is 6.80. The molecule has 0 aliphatic carbocycles. The number of halogens is 1. The fraction of sp³-hybridized carbons (Fsp3) is 0.333. The van der Waals surface area contributed by atoms with Gasteiger partial charge in [0.2, 0.25) is 0 Å². The van der Waals surface area contributed by atoms with Crippen molar-refractivity contribution in [2.45, 2.75) is 26.7 Å². The summed E-state index contributed by atoms with van der Waals surface area (Å²) < 4.78 is 0. The van der Waals surface area contributed by atoms with Gasteiger partial charge in [0, 0.05) is 29.7 Å². The number of nitrogens with zero attached hydrogens (tertiary/aromatic N) is 2. The van der Waals surface area contributed by atoms with E-state index in [1.54, 1.807) is 0 Å². The number of hydrogen-bond donors (Lipinski definition) is 1. The molecular formula is C15H18ClN3. The SMILES string of the molecule is CCc1c(C)nc(Cc2ccc(Cl)cc2)nc1NC. The highest BCUT2D eigenvalue weighted by molar-refractivity contribution is 6.30. The zero-order valence-electron chi connectivity index (χ0n) is 11.5. The average molecular weight is 276 g/mol. The van der Waals surface area contributed by atoms with Crippen molar-refractivity contribution in [1.82, 2.24) is 9.97 Å². The van der Waals surface area contributed by atoms with Crippen LogP contribution in [0.1, 0.15) is 29.6 Å². The third-order valence-corrected chi connectivity index (χ3v) is 3.38. The van der Waals surface area contributed by atoms with Gasteiger partial charge in [-0.3, -0.25) is 0 Å². The van der Waals surface area contributed by atoms with Gasteiger partial charge in [0.25, 0.3) is 0 Å². The van der Waals surface area contributed by atoms with Gasteiger partial charge in [-0.2, -0.15) is 0 Å². The van der Waals surface area contributed by atoms with Gasteiger partial charge >= 0.3 is 0 Å². The Bertz CT molecular complexity index is 564. The number of anilines is 1. The Labute approximate surface area is 119 Å². The predicted molar refractivity (Wildman–Crippen MR) is 80.0 cm³/mol. The molecule has 0 atom stereocenters. The Morgan fingerprint density at radius 3 is 2.42 bits per heavy atom. The van der Waals surface area contributed by atoms with E-state index in [9.17, 15) is 0 Å². The Hall–Kier alpha value is -1.61. The summed E-state index contributed by atoms with van der Waals surface area (Å²) in [6, 6.07) is 7.80. The van der Waals surface area contributed by atoms with Crippen LogP contribution >= 0.6 is 11.6 Å². The quantitative estimate of drug-likeness (QED) is 0.926. The lowest BCUT2D eigenvalue weighted by Crippen LogP contribution is -2.07. The molecule has 0 aliphatic heterocycles. The van der Waals surface area contributed by atoms with E-state index >= 15 is 0 Å². The molecule has 0 spiro atoms. The van der Waals surface area contributed by atoms with E-state index < -0.39 is 0 Å². The Morgan fingerprint density at radius 2 is 1.84 bits per heavy atom. The molecule has 19 heavy (non-hydrogen) atoms. The van der Waals surface area contributed by atoms with Crippen LogP contribution in [-0.4, -0.2) is 17.0 Å². The Balaban J connectivity index is 2.30. The van der Waals surface area contributed by atoms with Crippen LogP contribution in [0.25, 0.3) is 0 Å². The lowest BCUT2D eigenvalue weighted by atomic mass is 10.1. The van der Waals surface area contributed by atoms with Crippen molar-refractivity contribution in [3.05, 3.63) is 51.9 Å². The van der Waals surface area contributed by atoms with Crippen LogP contribution in [0, 0.1) is 6.92 Å². The van der Waals surface area contributed by atoms with Gasteiger partial charge < -0.3 is 5.32 Å². The van der Waals surface area contributed by atoms with Crippen LogP contribution < -0.4 is 5.32 Å². The average Bonchev–Trinajstić information content (AvgIpc) is 2.40. The van der Waals surface area contributed by atoms with Gasteiger partial charge in [-0.1, -0.05) is 30.7 Å². The largest absolute Gasteiger partial charge is 0.373 e. The molecule has 0 bridgehead atoms. The number of benzene rings is 1. The van der Waals surface area contributed by atoms with Crippen molar-refractivity contribution in [3.63, 3.8) is 0 Å². The Kier molecular flexibility index (Phi) is 4.38. The summed E-state index contributed by atoms with van der Waals surface area (Å²) in [6.45, 7) is 4.15. The number of rotatable bonds is 4. The van der Waals surface area contributed by atoms with Gasteiger partial charge in [0.1, 0.15) is 11.6 Å². The highest BCUT2D eigenvalue weighted by Gasteiger charge is 2.09. The second-order valence-electron chi connectivity index (χ2n) is 4.46. The lowest BCUT2D eigenvalue weighted by molar-refractivity contribution is 0.907. The minimum atomic E-state index is 0.719. The van der Waals surface area contributed by atoms with E-state index in [1.807, 2.05) is 38.2 Å². The zero-order chi connectivity index (χ0) is 13.8. The molecule has 3 nitrogen and oxygen atoms in total. The molecule has 1 N–H and O–H groups in total. The van der Waals surface area contributed by atoms with E-state index in [-0.39, 0.29) is 0 Å². The normalized spacial score (nSPS) is 10.5. The smallest absolute Gasteiger partial charge is 0.135 e. The first-order chi connectivity index (χ1) is 9.13. The van der Waals surface area contributed by atoms with Gasteiger partial charge in [0.05, 0.1) is 0 Å². The molecule has 0 fully saturated rings. The van der Waals surface area contributed by atoms with E-state index in [0.29, 0.717) is 0 Å². The number of aryl methyl sites for hydroxylation is 1. The van der Waals surface area contributed by atoms with Crippen LogP contribution in [0.2, 0.25) is 5.02 Å². The lowest BCUT2D eigenvalue weighted by Gasteiger charge is -2.11. The molecule has 1 heterocycles. The number of nitrogens with one attached hydrogen (secondary N) is 1. The summed E-state index contributed by atoms with van der Waals surface area (Å²) in [5.41, 5.74) is 3.39. The van der Waals surface area contributed by atoms with Crippen LogP contribution in [-0.2, 0) is 12.8 Å². The minimum absolute atomic E-state index is 0.719. The standard InChI is InChI=1S/C15H18ClN3/c1-4-13-10(2)18-14(19-15(13)17-3)9-11-5-7-12(16)8-6-11/h5-8H,4,9H2,1-3H3,(H,17,18,19). The number of aromatic nitrogens is 2. The maximum absolute atomic E-state index is 5.89. The van der Waals surface area contributed by atoms with E-state index in [2.05, 4.69) is 22.2 Å². The summed E-state index contributed by atoms with van der Waals surface area (Å²) in [5.74, 6) is 1.76. The van der Waals surface area contributed by atoms with Crippen molar-refractivity contribution >= 4 is 17.4 Å². The van der Waals surface area contributed by atoms with Crippen molar-refractivity contribution in [1.29, 1.82) is 0 Å². The molecule has 2 aromatic rings. The van der Waals surface area contributed by atoms with Crippen LogP contribution in [0.3, 0.4) is 0 Å². The molecule has 0 amide bonds. The minimum Gasteiger partial charge on any atom is -0.373 e. The summed E-state index contributed by atoms with van der Waals surface area (Å²) in [7, 11) is 1.90. The Morgan fingerprint density at radius 1 is 1.16 bits per heavy atom. The molecule has 0 radical (unpaired) electrons. The molecule has 0 saturated heterocycles.